The lowest BCUT2D eigenvalue weighted by molar-refractivity contribution is 0.110. The molecule has 0 aliphatic carbocycles. The fourth-order valence-corrected chi connectivity index (χ4v) is 5.34. The zero-order valence-corrected chi connectivity index (χ0v) is 14.9. The second-order valence-corrected chi connectivity index (χ2v) is 8.52. The van der Waals surface area contributed by atoms with Gasteiger partial charge in [-0.2, -0.15) is 5.10 Å². The molecular weight excluding hydrogens is 304 g/mol. The Labute approximate surface area is 142 Å². The Morgan fingerprint density at radius 2 is 2.26 bits per heavy atom. The van der Waals surface area contributed by atoms with Crippen LogP contribution < -0.4 is 0 Å². The minimum atomic E-state index is 0.633. The van der Waals surface area contributed by atoms with Crippen LogP contribution in [0.25, 0.3) is 0 Å². The summed E-state index contributed by atoms with van der Waals surface area (Å²) in [7, 11) is 2.32. The molecule has 2 aliphatic rings. The first-order valence-corrected chi connectivity index (χ1v) is 9.48. The maximum absolute atomic E-state index is 4.39. The number of rotatable bonds is 4. The maximum Gasteiger partial charge on any atom is 0.0565 e. The highest BCUT2D eigenvalue weighted by Crippen LogP contribution is 2.35. The van der Waals surface area contributed by atoms with E-state index in [0.717, 1.165) is 25.0 Å². The van der Waals surface area contributed by atoms with Gasteiger partial charge >= 0.3 is 0 Å². The number of piperidine rings is 1. The van der Waals surface area contributed by atoms with E-state index in [9.17, 15) is 0 Å². The van der Waals surface area contributed by atoms with Crippen LogP contribution in [-0.2, 0) is 13.1 Å². The smallest absolute Gasteiger partial charge is 0.0565 e. The van der Waals surface area contributed by atoms with Crippen molar-refractivity contribution >= 4 is 11.3 Å². The van der Waals surface area contributed by atoms with Gasteiger partial charge in [0.1, 0.15) is 0 Å². The van der Waals surface area contributed by atoms with Gasteiger partial charge in [0, 0.05) is 53.9 Å². The number of hydrogen-bond donors (Lipinski definition) is 0. The van der Waals surface area contributed by atoms with Crippen molar-refractivity contribution in [3.05, 3.63) is 40.3 Å². The van der Waals surface area contributed by atoms with Gasteiger partial charge in [0.05, 0.1) is 6.54 Å². The largest absolute Gasteiger partial charge is 0.298 e. The van der Waals surface area contributed by atoms with E-state index in [-0.39, 0.29) is 0 Å². The second kappa shape index (κ2) is 6.38. The zero-order chi connectivity index (χ0) is 15.8. The summed E-state index contributed by atoms with van der Waals surface area (Å²) in [6, 6.07) is 7.96. The highest BCUT2D eigenvalue weighted by Gasteiger charge is 2.41. The summed E-state index contributed by atoms with van der Waals surface area (Å²) in [4.78, 5) is 8.23. The van der Waals surface area contributed by atoms with Gasteiger partial charge in [-0.3, -0.25) is 14.5 Å². The molecule has 2 aromatic rings. The third-order valence-corrected chi connectivity index (χ3v) is 6.57. The van der Waals surface area contributed by atoms with E-state index in [4.69, 9.17) is 0 Å². The summed E-state index contributed by atoms with van der Waals surface area (Å²) in [5, 5.41) is 4.39. The summed E-state index contributed by atoms with van der Waals surface area (Å²) in [5.41, 5.74) is 0. The Balaban J connectivity index is 1.38. The molecule has 2 aromatic heterocycles. The van der Waals surface area contributed by atoms with E-state index < -0.39 is 0 Å². The minimum Gasteiger partial charge on any atom is -0.298 e. The van der Waals surface area contributed by atoms with Crippen molar-refractivity contribution in [3.8, 4) is 0 Å². The molecule has 4 heterocycles. The lowest BCUT2D eigenvalue weighted by Crippen LogP contribution is -2.45. The van der Waals surface area contributed by atoms with Gasteiger partial charge in [0.15, 0.2) is 0 Å². The minimum absolute atomic E-state index is 0.633. The van der Waals surface area contributed by atoms with Gasteiger partial charge in [0.25, 0.3) is 0 Å². The van der Waals surface area contributed by atoms with Crippen molar-refractivity contribution < 1.29 is 0 Å². The van der Waals surface area contributed by atoms with E-state index in [1.807, 2.05) is 23.6 Å². The van der Waals surface area contributed by atoms with E-state index in [1.54, 1.807) is 0 Å². The Morgan fingerprint density at radius 3 is 3.00 bits per heavy atom. The van der Waals surface area contributed by atoms with Crippen molar-refractivity contribution in [1.29, 1.82) is 0 Å². The van der Waals surface area contributed by atoms with Crippen LogP contribution in [0.5, 0.6) is 0 Å². The molecule has 4 rings (SSSR count). The zero-order valence-electron chi connectivity index (χ0n) is 14.1. The second-order valence-electron chi connectivity index (χ2n) is 7.15. The first kappa shape index (κ1) is 15.4. The monoisotopic (exact) mass is 330 g/mol. The number of likely N-dealkylation sites (tertiary alicyclic amines) is 2. The topological polar surface area (TPSA) is 24.3 Å². The van der Waals surface area contributed by atoms with E-state index >= 15 is 0 Å². The number of fused-ring (bicyclic) bond motifs is 1. The third kappa shape index (κ3) is 3.23. The average molecular weight is 331 g/mol. The SMILES string of the molecule is Cc1ccc(CN2CC[C@H]3[C@H](C[C@@H](Cn4cccn4)N3C)C2)s1. The summed E-state index contributed by atoms with van der Waals surface area (Å²) in [6.07, 6.45) is 6.58. The highest BCUT2D eigenvalue weighted by molar-refractivity contribution is 7.11. The van der Waals surface area contributed by atoms with Crippen LogP contribution in [0.3, 0.4) is 0 Å². The normalized spacial score (nSPS) is 29.0. The van der Waals surface area contributed by atoms with Crippen LogP contribution in [0.15, 0.2) is 30.6 Å². The molecule has 2 fully saturated rings. The van der Waals surface area contributed by atoms with Gasteiger partial charge < -0.3 is 0 Å². The molecule has 23 heavy (non-hydrogen) atoms. The number of aromatic nitrogens is 2. The lowest BCUT2D eigenvalue weighted by Gasteiger charge is -2.37. The van der Waals surface area contributed by atoms with E-state index in [2.05, 4.69) is 51.9 Å². The summed E-state index contributed by atoms with van der Waals surface area (Å²) in [5.74, 6) is 0.815. The molecule has 0 bridgehead atoms. The third-order valence-electron chi connectivity index (χ3n) is 5.58. The molecular formula is C18H26N4S. The first-order valence-electron chi connectivity index (χ1n) is 8.66. The molecule has 0 N–H and O–H groups in total. The fraction of sp³-hybridized carbons (Fsp3) is 0.611. The molecule has 124 valence electrons. The predicted octanol–water partition coefficient (Wildman–Crippen LogP) is 2.85. The maximum atomic E-state index is 4.39. The van der Waals surface area contributed by atoms with Crippen molar-refractivity contribution in [2.45, 2.75) is 44.9 Å². The Kier molecular flexibility index (Phi) is 4.26. The Morgan fingerprint density at radius 1 is 1.35 bits per heavy atom. The number of likely N-dealkylation sites (N-methyl/N-ethyl adjacent to an activating group) is 1. The molecule has 5 heteroatoms. The summed E-state index contributed by atoms with van der Waals surface area (Å²) < 4.78 is 2.09. The number of aryl methyl sites for hydroxylation is 1. The molecule has 0 saturated carbocycles. The fourth-order valence-electron chi connectivity index (χ4n) is 4.41. The molecule has 3 atom stereocenters. The molecule has 0 unspecified atom stereocenters. The Hall–Kier alpha value is -1.17. The molecule has 0 spiro atoms. The number of thiophene rings is 1. The summed E-state index contributed by atoms with van der Waals surface area (Å²) >= 11 is 1.95. The number of hydrogen-bond acceptors (Lipinski definition) is 4. The van der Waals surface area contributed by atoms with Crippen molar-refractivity contribution in [2.24, 2.45) is 5.92 Å². The van der Waals surface area contributed by atoms with Crippen LogP contribution in [0.1, 0.15) is 22.6 Å². The molecule has 0 radical (unpaired) electrons. The molecule has 0 aromatic carbocycles. The lowest BCUT2D eigenvalue weighted by atomic mass is 9.92. The molecule has 0 amide bonds. The quantitative estimate of drug-likeness (QED) is 0.861. The first-order chi connectivity index (χ1) is 11.2. The highest BCUT2D eigenvalue weighted by atomic mass is 32.1. The van der Waals surface area contributed by atoms with E-state index in [0.29, 0.717) is 6.04 Å². The van der Waals surface area contributed by atoms with Crippen molar-refractivity contribution in [2.75, 3.05) is 20.1 Å². The van der Waals surface area contributed by atoms with E-state index in [1.165, 1.54) is 35.7 Å². The van der Waals surface area contributed by atoms with Gasteiger partial charge in [0.2, 0.25) is 0 Å². The Bertz CT molecular complexity index is 635. The molecule has 2 aliphatic heterocycles. The van der Waals surface area contributed by atoms with Crippen LogP contribution >= 0.6 is 11.3 Å². The average Bonchev–Trinajstić information content (AvgIpc) is 3.24. The van der Waals surface area contributed by atoms with Gasteiger partial charge in [-0.05, 0) is 50.9 Å². The number of nitrogens with zero attached hydrogens (tertiary/aromatic N) is 4. The van der Waals surface area contributed by atoms with Crippen LogP contribution in [0, 0.1) is 12.8 Å². The van der Waals surface area contributed by atoms with Crippen LogP contribution in [0.4, 0.5) is 0 Å². The van der Waals surface area contributed by atoms with Crippen molar-refractivity contribution in [3.63, 3.8) is 0 Å². The standard InChI is InChI=1S/C18H26N4S/c1-14-4-5-17(23-14)13-21-9-6-18-15(11-21)10-16(20(18)2)12-22-8-3-7-19-22/h3-5,7-8,15-16,18H,6,9-13H2,1-2H3/t15-,16+,18+/m1/s1. The van der Waals surface area contributed by atoms with Crippen LogP contribution in [0.2, 0.25) is 0 Å². The molecule has 2 saturated heterocycles. The molecule has 4 nitrogen and oxygen atoms in total. The predicted molar refractivity (Wildman–Crippen MR) is 94.6 cm³/mol. The van der Waals surface area contributed by atoms with Gasteiger partial charge in [-0.25, -0.2) is 0 Å². The summed E-state index contributed by atoms with van der Waals surface area (Å²) in [6.45, 7) is 6.85. The van der Waals surface area contributed by atoms with Gasteiger partial charge in [-0.15, -0.1) is 11.3 Å². The van der Waals surface area contributed by atoms with Crippen LogP contribution in [-0.4, -0.2) is 51.8 Å². The van der Waals surface area contributed by atoms with Crippen molar-refractivity contribution in [1.82, 2.24) is 19.6 Å². The van der Waals surface area contributed by atoms with Gasteiger partial charge in [-0.1, -0.05) is 0 Å².